The fourth-order valence-electron chi connectivity index (χ4n) is 2.07. The molecule has 0 saturated carbocycles. The molecule has 0 bridgehead atoms. The maximum atomic E-state index is 11.8. The van der Waals surface area contributed by atoms with Gasteiger partial charge in [0.15, 0.2) is 6.10 Å². The van der Waals surface area contributed by atoms with Crippen molar-refractivity contribution in [1.29, 1.82) is 0 Å². The zero-order chi connectivity index (χ0) is 11.7. The number of aliphatic hydroxyl groups is 1. The Morgan fingerprint density at radius 2 is 1.88 bits per heavy atom. The first-order valence-electron chi connectivity index (χ1n) is 5.39. The minimum atomic E-state index is -1.01. The standard InChI is InChI=1S/C10H15NO5/c12-5-6-3-11(4-6)9(13)7-1-2-8(16-7)10(14)15/h6-8,12H,1-5H2,(H,14,15)/t7-,8+/m0/s1. The van der Waals surface area contributed by atoms with E-state index in [-0.39, 0.29) is 18.4 Å². The molecule has 2 fully saturated rings. The van der Waals surface area contributed by atoms with Crippen LogP contribution in [-0.2, 0) is 14.3 Å². The van der Waals surface area contributed by atoms with Gasteiger partial charge in [0.1, 0.15) is 6.10 Å². The molecule has 1 amide bonds. The minimum absolute atomic E-state index is 0.0903. The Morgan fingerprint density at radius 3 is 2.38 bits per heavy atom. The van der Waals surface area contributed by atoms with Gasteiger partial charge < -0.3 is 19.8 Å². The van der Waals surface area contributed by atoms with E-state index in [1.807, 2.05) is 0 Å². The molecule has 90 valence electrons. The molecule has 0 unspecified atom stereocenters. The molecule has 2 N–H and O–H groups in total. The van der Waals surface area contributed by atoms with Crippen molar-refractivity contribution in [2.75, 3.05) is 19.7 Å². The molecule has 0 spiro atoms. The van der Waals surface area contributed by atoms with Gasteiger partial charge in [0.2, 0.25) is 0 Å². The van der Waals surface area contributed by atoms with Gasteiger partial charge in [0.25, 0.3) is 5.91 Å². The van der Waals surface area contributed by atoms with Crippen LogP contribution in [0.3, 0.4) is 0 Å². The number of aliphatic carboxylic acids is 1. The third kappa shape index (κ3) is 2.03. The Hall–Kier alpha value is -1.14. The number of rotatable bonds is 3. The van der Waals surface area contributed by atoms with E-state index in [1.165, 1.54) is 0 Å². The van der Waals surface area contributed by atoms with E-state index in [0.717, 1.165) is 0 Å². The fourth-order valence-corrected chi connectivity index (χ4v) is 2.07. The molecule has 0 radical (unpaired) electrons. The SMILES string of the molecule is O=C(O)[C@H]1CC[C@@H](C(=O)N2CC(CO)C2)O1. The second-order valence-corrected chi connectivity index (χ2v) is 4.32. The van der Waals surface area contributed by atoms with E-state index in [9.17, 15) is 9.59 Å². The van der Waals surface area contributed by atoms with Gasteiger partial charge in [-0.05, 0) is 12.8 Å². The van der Waals surface area contributed by atoms with Gasteiger partial charge in [-0.1, -0.05) is 0 Å². The van der Waals surface area contributed by atoms with Crippen LogP contribution in [0.2, 0.25) is 0 Å². The predicted molar refractivity (Wildman–Crippen MR) is 52.7 cm³/mol. The number of hydrogen-bond donors (Lipinski definition) is 2. The highest BCUT2D eigenvalue weighted by Gasteiger charge is 2.40. The van der Waals surface area contributed by atoms with E-state index >= 15 is 0 Å². The molecule has 2 heterocycles. The van der Waals surface area contributed by atoms with Gasteiger partial charge in [-0.3, -0.25) is 4.79 Å². The highest BCUT2D eigenvalue weighted by atomic mass is 16.5. The van der Waals surface area contributed by atoms with Crippen LogP contribution in [0.15, 0.2) is 0 Å². The Bertz CT molecular complexity index is 300. The summed E-state index contributed by atoms with van der Waals surface area (Å²) in [6.07, 6.45) is -0.594. The number of nitrogens with zero attached hydrogens (tertiary/aromatic N) is 1. The topological polar surface area (TPSA) is 87.1 Å². The Kier molecular flexibility index (Phi) is 3.11. The first-order valence-corrected chi connectivity index (χ1v) is 5.39. The summed E-state index contributed by atoms with van der Waals surface area (Å²) < 4.78 is 5.16. The van der Waals surface area contributed by atoms with Gasteiger partial charge in [-0.25, -0.2) is 4.79 Å². The summed E-state index contributed by atoms with van der Waals surface area (Å²) in [4.78, 5) is 24.0. The van der Waals surface area contributed by atoms with Crippen LogP contribution >= 0.6 is 0 Å². The predicted octanol–water partition coefficient (Wildman–Crippen LogP) is -0.931. The van der Waals surface area contributed by atoms with Crippen molar-refractivity contribution in [3.05, 3.63) is 0 Å². The van der Waals surface area contributed by atoms with E-state index in [4.69, 9.17) is 14.9 Å². The third-order valence-corrected chi connectivity index (χ3v) is 3.10. The van der Waals surface area contributed by atoms with E-state index in [1.54, 1.807) is 4.90 Å². The number of ether oxygens (including phenoxy) is 1. The molecule has 2 atom stereocenters. The molecule has 2 aliphatic rings. The third-order valence-electron chi connectivity index (χ3n) is 3.10. The number of carbonyl (C=O) groups excluding carboxylic acids is 1. The molecule has 0 aromatic carbocycles. The molecule has 2 saturated heterocycles. The lowest BCUT2D eigenvalue weighted by atomic mass is 10.00. The Balaban J connectivity index is 1.81. The Labute approximate surface area is 92.8 Å². The minimum Gasteiger partial charge on any atom is -0.479 e. The second kappa shape index (κ2) is 4.39. The van der Waals surface area contributed by atoms with Crippen LogP contribution in [0.25, 0.3) is 0 Å². The monoisotopic (exact) mass is 229 g/mol. The van der Waals surface area contributed by atoms with Crippen molar-refractivity contribution in [2.24, 2.45) is 5.92 Å². The van der Waals surface area contributed by atoms with Crippen LogP contribution in [0.1, 0.15) is 12.8 Å². The summed E-state index contributed by atoms with van der Waals surface area (Å²) in [7, 11) is 0. The lowest BCUT2D eigenvalue weighted by molar-refractivity contribution is -0.158. The van der Waals surface area contributed by atoms with E-state index in [0.29, 0.717) is 25.9 Å². The zero-order valence-electron chi connectivity index (χ0n) is 8.83. The molecule has 0 aromatic heterocycles. The average molecular weight is 229 g/mol. The lowest BCUT2D eigenvalue weighted by Crippen LogP contribution is -2.54. The van der Waals surface area contributed by atoms with Crippen molar-refractivity contribution in [3.8, 4) is 0 Å². The number of carbonyl (C=O) groups is 2. The molecule has 2 rings (SSSR count). The van der Waals surface area contributed by atoms with Crippen LogP contribution in [0.5, 0.6) is 0 Å². The van der Waals surface area contributed by atoms with Gasteiger partial charge in [-0.15, -0.1) is 0 Å². The maximum Gasteiger partial charge on any atom is 0.332 e. The first kappa shape index (κ1) is 11.3. The second-order valence-electron chi connectivity index (χ2n) is 4.32. The van der Waals surface area contributed by atoms with Crippen molar-refractivity contribution >= 4 is 11.9 Å². The summed E-state index contributed by atoms with van der Waals surface area (Å²) in [6.45, 7) is 1.19. The quantitative estimate of drug-likeness (QED) is 0.653. The van der Waals surface area contributed by atoms with Gasteiger partial charge >= 0.3 is 5.97 Å². The van der Waals surface area contributed by atoms with Gasteiger partial charge in [0.05, 0.1) is 0 Å². The fraction of sp³-hybridized carbons (Fsp3) is 0.800. The normalized spacial score (nSPS) is 30.2. The smallest absolute Gasteiger partial charge is 0.332 e. The number of carboxylic acid groups (broad SMARTS) is 1. The van der Waals surface area contributed by atoms with Crippen LogP contribution in [0, 0.1) is 5.92 Å². The molecule has 6 heteroatoms. The number of likely N-dealkylation sites (tertiary alicyclic amines) is 1. The van der Waals surface area contributed by atoms with Gasteiger partial charge in [0, 0.05) is 25.6 Å². The molecular weight excluding hydrogens is 214 g/mol. The Morgan fingerprint density at radius 1 is 1.25 bits per heavy atom. The largest absolute Gasteiger partial charge is 0.479 e. The van der Waals surface area contributed by atoms with E-state index < -0.39 is 18.2 Å². The van der Waals surface area contributed by atoms with Crippen molar-refractivity contribution < 1.29 is 24.5 Å². The van der Waals surface area contributed by atoms with Crippen molar-refractivity contribution in [3.63, 3.8) is 0 Å². The summed E-state index contributed by atoms with van der Waals surface area (Å²) in [5.41, 5.74) is 0. The van der Waals surface area contributed by atoms with Crippen LogP contribution in [-0.4, -0.2) is 58.9 Å². The summed E-state index contributed by atoms with van der Waals surface area (Å²) in [5.74, 6) is -0.985. The van der Waals surface area contributed by atoms with Crippen LogP contribution < -0.4 is 0 Å². The first-order chi connectivity index (χ1) is 7.61. The van der Waals surface area contributed by atoms with Crippen LogP contribution in [0.4, 0.5) is 0 Å². The number of amides is 1. The van der Waals surface area contributed by atoms with Gasteiger partial charge in [-0.2, -0.15) is 0 Å². The highest BCUT2D eigenvalue weighted by molar-refractivity contribution is 5.83. The average Bonchev–Trinajstić information content (AvgIpc) is 2.64. The molecule has 6 nitrogen and oxygen atoms in total. The zero-order valence-corrected chi connectivity index (χ0v) is 8.83. The van der Waals surface area contributed by atoms with Crippen molar-refractivity contribution in [2.45, 2.75) is 25.0 Å². The molecule has 16 heavy (non-hydrogen) atoms. The lowest BCUT2D eigenvalue weighted by Gasteiger charge is -2.39. The summed E-state index contributed by atoms with van der Waals surface area (Å²) in [5, 5.41) is 17.5. The summed E-state index contributed by atoms with van der Waals surface area (Å²) in [6, 6.07) is 0. The molecule has 0 aliphatic carbocycles. The van der Waals surface area contributed by atoms with E-state index in [2.05, 4.69) is 0 Å². The maximum absolute atomic E-state index is 11.8. The number of aliphatic hydroxyl groups excluding tert-OH is 1. The van der Waals surface area contributed by atoms with Crippen molar-refractivity contribution in [1.82, 2.24) is 4.90 Å². The number of hydrogen-bond acceptors (Lipinski definition) is 4. The summed E-state index contributed by atoms with van der Waals surface area (Å²) >= 11 is 0. The highest BCUT2D eigenvalue weighted by Crippen LogP contribution is 2.24. The molecule has 2 aliphatic heterocycles. The number of carboxylic acids is 1. The molecular formula is C10H15NO5. The molecule has 0 aromatic rings.